The van der Waals surface area contributed by atoms with Crippen molar-refractivity contribution in [2.75, 3.05) is 0 Å². The highest BCUT2D eigenvalue weighted by atomic mass is 16.5. The summed E-state index contributed by atoms with van der Waals surface area (Å²) in [7, 11) is 1.19. The molecule has 0 bridgehead atoms. The van der Waals surface area contributed by atoms with Crippen LogP contribution in [-0.4, -0.2) is 37.2 Å². The molecule has 3 heterocycles. The summed E-state index contributed by atoms with van der Waals surface area (Å²) < 4.78 is 2.70. The molecular weight excluding hydrogens is 391 g/mol. The Morgan fingerprint density at radius 1 is 1.03 bits per heavy atom. The highest BCUT2D eigenvalue weighted by Gasteiger charge is 2.28. The molecule has 158 valence electrons. The standard InChI is InChI=1S/C23H25BN4O3/c1-13-9-17(10-14(2)25-13)16-7-8-18-20(11-16)28-21(27(22(18)29)23(24,30)31)12-19(26-28)15-5-3-4-6-15/h7-12,15,30-31H,3-6,24H2,1-2H3. The van der Waals surface area contributed by atoms with Crippen LogP contribution in [0.5, 0.6) is 0 Å². The Labute approximate surface area is 180 Å². The van der Waals surface area contributed by atoms with Crippen LogP contribution in [0.3, 0.4) is 0 Å². The van der Waals surface area contributed by atoms with Crippen molar-refractivity contribution < 1.29 is 10.2 Å². The molecule has 0 spiro atoms. The Hall–Kier alpha value is -2.97. The quantitative estimate of drug-likeness (QED) is 0.395. The maximum atomic E-state index is 13.3. The van der Waals surface area contributed by atoms with Gasteiger partial charge in [-0.25, -0.2) is 9.08 Å². The van der Waals surface area contributed by atoms with Crippen LogP contribution >= 0.6 is 0 Å². The average molecular weight is 416 g/mol. The third-order valence-electron chi connectivity index (χ3n) is 6.21. The van der Waals surface area contributed by atoms with Crippen molar-refractivity contribution in [1.82, 2.24) is 19.2 Å². The van der Waals surface area contributed by atoms with Gasteiger partial charge in [-0.2, -0.15) is 5.10 Å². The van der Waals surface area contributed by atoms with E-state index in [0.29, 0.717) is 22.5 Å². The maximum absolute atomic E-state index is 13.3. The average Bonchev–Trinajstić information content (AvgIpc) is 3.36. The predicted molar refractivity (Wildman–Crippen MR) is 122 cm³/mol. The fraction of sp³-hybridized carbons (Fsp3) is 0.348. The minimum Gasteiger partial charge on any atom is -0.357 e. The second-order valence-corrected chi connectivity index (χ2v) is 8.80. The van der Waals surface area contributed by atoms with E-state index in [1.807, 2.05) is 44.2 Å². The van der Waals surface area contributed by atoms with Gasteiger partial charge in [-0.05, 0) is 62.1 Å². The molecule has 4 aromatic rings. The third-order valence-corrected chi connectivity index (χ3v) is 6.21. The van der Waals surface area contributed by atoms with E-state index in [1.54, 1.807) is 10.6 Å². The Balaban J connectivity index is 1.83. The summed E-state index contributed by atoms with van der Waals surface area (Å²) >= 11 is 0. The number of pyridine rings is 1. The lowest BCUT2D eigenvalue weighted by atomic mass is 10.0. The van der Waals surface area contributed by atoms with Crippen molar-refractivity contribution in [2.45, 2.75) is 51.3 Å². The van der Waals surface area contributed by atoms with E-state index in [2.05, 4.69) is 4.98 Å². The van der Waals surface area contributed by atoms with Gasteiger partial charge in [0.25, 0.3) is 5.56 Å². The van der Waals surface area contributed by atoms with Crippen molar-refractivity contribution in [3.8, 4) is 11.1 Å². The lowest BCUT2D eigenvalue weighted by Crippen LogP contribution is -2.42. The van der Waals surface area contributed by atoms with Crippen molar-refractivity contribution in [2.24, 2.45) is 0 Å². The first-order chi connectivity index (χ1) is 14.7. The SMILES string of the molecule is BC(O)(O)n1c(=O)c2ccc(-c3cc(C)nc(C)c3)cc2n2nc(C3CCCC3)cc12. The first-order valence-corrected chi connectivity index (χ1v) is 10.7. The molecule has 2 N–H and O–H groups in total. The summed E-state index contributed by atoms with van der Waals surface area (Å²) in [6.45, 7) is 3.91. The van der Waals surface area contributed by atoms with Crippen molar-refractivity contribution in [1.29, 1.82) is 0 Å². The first kappa shape index (κ1) is 20.0. The molecule has 1 aromatic carbocycles. The third kappa shape index (κ3) is 3.36. The summed E-state index contributed by atoms with van der Waals surface area (Å²) in [5.41, 5.74) is 5.28. The predicted octanol–water partition coefficient (Wildman–Crippen LogP) is 2.17. The minimum atomic E-state index is -2.34. The number of fused-ring (bicyclic) bond motifs is 3. The van der Waals surface area contributed by atoms with Crippen LogP contribution in [0.1, 0.15) is 48.7 Å². The van der Waals surface area contributed by atoms with Crippen molar-refractivity contribution in [3.63, 3.8) is 0 Å². The molecule has 0 aliphatic heterocycles. The van der Waals surface area contributed by atoms with Gasteiger partial charge in [0.2, 0.25) is 13.7 Å². The number of aliphatic hydroxyl groups is 2. The van der Waals surface area contributed by atoms with Gasteiger partial charge in [0, 0.05) is 23.4 Å². The number of hydrogen-bond acceptors (Lipinski definition) is 5. The van der Waals surface area contributed by atoms with Gasteiger partial charge in [-0.15, -0.1) is 0 Å². The number of rotatable bonds is 3. The number of benzene rings is 1. The highest BCUT2D eigenvalue weighted by molar-refractivity contribution is 6.11. The normalized spacial score (nSPS) is 15.4. The Morgan fingerprint density at radius 2 is 1.71 bits per heavy atom. The Bertz CT molecular complexity index is 1360. The van der Waals surface area contributed by atoms with Crippen LogP contribution in [-0.2, 0) is 5.81 Å². The van der Waals surface area contributed by atoms with Crippen LogP contribution in [0.4, 0.5) is 0 Å². The summed E-state index contributed by atoms with van der Waals surface area (Å²) in [5, 5.41) is 25.9. The molecule has 1 aliphatic carbocycles. The summed E-state index contributed by atoms with van der Waals surface area (Å²) in [6.07, 6.45) is 4.44. The Morgan fingerprint density at radius 3 is 2.35 bits per heavy atom. The van der Waals surface area contributed by atoms with Crippen molar-refractivity contribution >= 4 is 24.4 Å². The molecule has 5 rings (SSSR count). The second kappa shape index (κ2) is 7.04. The molecule has 1 aliphatic rings. The first-order valence-electron chi connectivity index (χ1n) is 10.7. The van der Waals surface area contributed by atoms with Gasteiger partial charge in [0.15, 0.2) is 0 Å². The van der Waals surface area contributed by atoms with E-state index >= 15 is 0 Å². The van der Waals surface area contributed by atoms with E-state index in [-0.39, 0.29) is 0 Å². The maximum Gasteiger partial charge on any atom is 0.265 e. The zero-order chi connectivity index (χ0) is 21.9. The lowest BCUT2D eigenvalue weighted by Gasteiger charge is -2.22. The molecule has 0 saturated heterocycles. The molecular formula is C23H25BN4O3. The summed E-state index contributed by atoms with van der Waals surface area (Å²) in [4.78, 5) is 17.7. The monoisotopic (exact) mass is 416 g/mol. The number of aromatic nitrogens is 4. The van der Waals surface area contributed by atoms with Gasteiger partial charge >= 0.3 is 0 Å². The van der Waals surface area contributed by atoms with E-state index in [0.717, 1.165) is 58.5 Å². The molecule has 1 saturated carbocycles. The molecule has 8 heteroatoms. The number of nitrogens with zero attached hydrogens (tertiary/aromatic N) is 4. The van der Waals surface area contributed by atoms with E-state index in [1.165, 1.54) is 7.85 Å². The molecule has 0 atom stereocenters. The van der Waals surface area contributed by atoms with E-state index < -0.39 is 11.4 Å². The molecule has 7 nitrogen and oxygen atoms in total. The fourth-order valence-electron chi connectivity index (χ4n) is 4.85. The summed E-state index contributed by atoms with van der Waals surface area (Å²) in [5.74, 6) is -2.01. The Kier molecular flexibility index (Phi) is 4.53. The fourth-order valence-corrected chi connectivity index (χ4v) is 4.85. The zero-order valence-corrected chi connectivity index (χ0v) is 18.0. The second-order valence-electron chi connectivity index (χ2n) is 8.80. The van der Waals surface area contributed by atoms with Gasteiger partial charge in [-0.3, -0.25) is 9.78 Å². The van der Waals surface area contributed by atoms with Gasteiger partial charge in [0.05, 0.1) is 16.6 Å². The summed E-state index contributed by atoms with van der Waals surface area (Å²) in [6, 6.07) is 11.4. The largest absolute Gasteiger partial charge is 0.357 e. The molecule has 1 fully saturated rings. The minimum absolute atomic E-state index is 0.329. The molecule has 31 heavy (non-hydrogen) atoms. The van der Waals surface area contributed by atoms with Crippen LogP contribution < -0.4 is 5.56 Å². The van der Waals surface area contributed by atoms with Crippen LogP contribution in [0.2, 0.25) is 0 Å². The van der Waals surface area contributed by atoms with E-state index in [4.69, 9.17) is 5.10 Å². The van der Waals surface area contributed by atoms with Crippen LogP contribution in [0.15, 0.2) is 41.2 Å². The van der Waals surface area contributed by atoms with Gasteiger partial charge < -0.3 is 10.2 Å². The van der Waals surface area contributed by atoms with E-state index in [9.17, 15) is 15.0 Å². The van der Waals surface area contributed by atoms with Crippen molar-refractivity contribution in [3.05, 3.63) is 63.8 Å². The molecule has 0 radical (unpaired) electrons. The molecule has 3 aromatic heterocycles. The van der Waals surface area contributed by atoms with Gasteiger partial charge in [0.1, 0.15) is 5.65 Å². The van der Waals surface area contributed by atoms with Crippen LogP contribution in [0.25, 0.3) is 27.7 Å². The highest BCUT2D eigenvalue weighted by Crippen LogP contribution is 2.34. The zero-order valence-electron chi connectivity index (χ0n) is 18.0. The lowest BCUT2D eigenvalue weighted by molar-refractivity contribution is -0.151. The van der Waals surface area contributed by atoms with Gasteiger partial charge in [-0.1, -0.05) is 18.9 Å². The number of aryl methyl sites for hydroxylation is 2. The topological polar surface area (TPSA) is 92.6 Å². The smallest absolute Gasteiger partial charge is 0.265 e. The molecule has 0 unspecified atom stereocenters. The number of hydrogen-bond donors (Lipinski definition) is 2. The van der Waals surface area contributed by atoms with Crippen LogP contribution in [0, 0.1) is 13.8 Å². The molecule has 0 amide bonds.